The van der Waals surface area contributed by atoms with Crippen LogP contribution in [0.15, 0.2) is 29.2 Å². The van der Waals surface area contributed by atoms with E-state index in [2.05, 4.69) is 5.92 Å². The van der Waals surface area contributed by atoms with E-state index in [-0.39, 0.29) is 16.9 Å². The van der Waals surface area contributed by atoms with Gasteiger partial charge in [-0.15, -0.1) is 12.3 Å². The van der Waals surface area contributed by atoms with Crippen LogP contribution in [0, 0.1) is 25.2 Å². The molecule has 4 heteroatoms. The van der Waals surface area contributed by atoms with Gasteiger partial charge in [-0.3, -0.25) is 4.18 Å². The minimum absolute atomic E-state index is 0.0739. The molecule has 0 saturated heterocycles. The van der Waals surface area contributed by atoms with Gasteiger partial charge in [-0.25, -0.2) is 0 Å². The highest BCUT2D eigenvalue weighted by Crippen LogP contribution is 2.32. The van der Waals surface area contributed by atoms with Crippen molar-refractivity contribution >= 4 is 10.1 Å². The van der Waals surface area contributed by atoms with E-state index >= 15 is 0 Å². The van der Waals surface area contributed by atoms with E-state index in [1.54, 1.807) is 24.3 Å². The zero-order valence-electron chi connectivity index (χ0n) is 9.59. The molecule has 1 aliphatic carbocycles. The lowest BCUT2D eigenvalue weighted by molar-refractivity contribution is 0.0857. The van der Waals surface area contributed by atoms with E-state index in [9.17, 15) is 8.42 Å². The van der Waals surface area contributed by atoms with Crippen LogP contribution in [0.2, 0.25) is 0 Å². The molecule has 2 atom stereocenters. The minimum Gasteiger partial charge on any atom is -0.262 e. The van der Waals surface area contributed by atoms with Crippen LogP contribution in [0.1, 0.15) is 18.4 Å². The Morgan fingerprint density at radius 2 is 1.94 bits per heavy atom. The van der Waals surface area contributed by atoms with E-state index in [0.29, 0.717) is 6.42 Å². The molecule has 1 aromatic carbocycles. The van der Waals surface area contributed by atoms with Gasteiger partial charge in [-0.2, -0.15) is 8.42 Å². The van der Waals surface area contributed by atoms with Crippen LogP contribution in [0.4, 0.5) is 0 Å². The van der Waals surface area contributed by atoms with Crippen molar-refractivity contribution in [2.45, 2.75) is 30.8 Å². The Balaban J connectivity index is 2.15. The summed E-state index contributed by atoms with van der Waals surface area (Å²) in [5, 5.41) is 0. The Morgan fingerprint density at radius 3 is 2.41 bits per heavy atom. The van der Waals surface area contributed by atoms with Crippen LogP contribution >= 0.6 is 0 Å². The zero-order chi connectivity index (χ0) is 12.5. The summed E-state index contributed by atoms with van der Waals surface area (Å²) in [6, 6.07) is 6.59. The third-order valence-corrected chi connectivity index (χ3v) is 4.34. The summed E-state index contributed by atoms with van der Waals surface area (Å²) in [7, 11) is -3.68. The van der Waals surface area contributed by atoms with E-state index in [4.69, 9.17) is 10.6 Å². The molecule has 1 aromatic rings. The average molecular weight is 250 g/mol. The fourth-order valence-corrected chi connectivity index (χ4v) is 2.83. The van der Waals surface area contributed by atoms with E-state index in [1.165, 1.54) is 0 Å². The molecule has 17 heavy (non-hydrogen) atoms. The maximum atomic E-state index is 11.9. The van der Waals surface area contributed by atoms with Crippen LogP contribution in [0.3, 0.4) is 0 Å². The highest BCUT2D eigenvalue weighted by atomic mass is 32.2. The molecule has 2 rings (SSSR count). The van der Waals surface area contributed by atoms with Crippen molar-refractivity contribution in [3.8, 4) is 12.3 Å². The number of aryl methyl sites for hydroxylation is 1. The second-order valence-electron chi connectivity index (χ2n) is 4.25. The lowest BCUT2D eigenvalue weighted by Gasteiger charge is -2.31. The second-order valence-corrected chi connectivity index (χ2v) is 5.82. The maximum absolute atomic E-state index is 11.9. The quantitative estimate of drug-likeness (QED) is 0.609. The molecule has 1 saturated carbocycles. The third-order valence-electron chi connectivity index (χ3n) is 2.98. The number of hydrogen-bond acceptors (Lipinski definition) is 3. The predicted molar refractivity (Wildman–Crippen MR) is 64.8 cm³/mol. The van der Waals surface area contributed by atoms with E-state index in [1.807, 2.05) is 6.92 Å². The van der Waals surface area contributed by atoms with Gasteiger partial charge in [0, 0.05) is 5.92 Å². The van der Waals surface area contributed by atoms with Crippen LogP contribution < -0.4 is 0 Å². The van der Waals surface area contributed by atoms with Crippen molar-refractivity contribution in [2.24, 2.45) is 5.92 Å². The molecule has 3 nitrogen and oxygen atoms in total. The van der Waals surface area contributed by atoms with Gasteiger partial charge in [0.2, 0.25) is 0 Å². The number of hydrogen-bond donors (Lipinski definition) is 0. The Morgan fingerprint density at radius 1 is 1.29 bits per heavy atom. The fraction of sp³-hybridized carbons (Fsp3) is 0.385. The zero-order valence-corrected chi connectivity index (χ0v) is 10.4. The maximum Gasteiger partial charge on any atom is 0.297 e. The number of terminal acetylenes is 1. The van der Waals surface area contributed by atoms with Gasteiger partial charge < -0.3 is 0 Å². The molecular formula is C13H14O3S. The second kappa shape index (κ2) is 4.52. The van der Waals surface area contributed by atoms with Crippen LogP contribution in [-0.2, 0) is 14.3 Å². The molecular weight excluding hydrogens is 236 g/mol. The smallest absolute Gasteiger partial charge is 0.262 e. The standard InChI is InChI=1S/C13H14O3S/c1-3-11-6-9-13(11)16-17(14,15)12-7-4-10(2)5-8-12/h1,4-5,7-8,11,13H,6,9H2,2H3. The molecule has 0 spiro atoms. The Bertz CT molecular complexity index is 537. The summed E-state index contributed by atoms with van der Waals surface area (Å²) < 4.78 is 29.0. The highest BCUT2D eigenvalue weighted by molar-refractivity contribution is 7.86. The van der Waals surface area contributed by atoms with Crippen molar-refractivity contribution in [1.29, 1.82) is 0 Å². The molecule has 0 amide bonds. The Kier molecular flexibility index (Phi) is 3.23. The van der Waals surface area contributed by atoms with Gasteiger partial charge in [0.05, 0.1) is 11.0 Å². The monoisotopic (exact) mass is 250 g/mol. The van der Waals surface area contributed by atoms with E-state index in [0.717, 1.165) is 12.0 Å². The van der Waals surface area contributed by atoms with Crippen molar-refractivity contribution in [1.82, 2.24) is 0 Å². The van der Waals surface area contributed by atoms with Gasteiger partial charge in [-0.1, -0.05) is 17.7 Å². The summed E-state index contributed by atoms with van der Waals surface area (Å²) in [5.74, 6) is 2.47. The highest BCUT2D eigenvalue weighted by Gasteiger charge is 2.34. The first-order chi connectivity index (χ1) is 8.03. The van der Waals surface area contributed by atoms with Crippen molar-refractivity contribution in [3.05, 3.63) is 29.8 Å². The van der Waals surface area contributed by atoms with Crippen molar-refractivity contribution < 1.29 is 12.6 Å². The van der Waals surface area contributed by atoms with Gasteiger partial charge in [0.25, 0.3) is 10.1 Å². The largest absolute Gasteiger partial charge is 0.297 e. The molecule has 0 aromatic heterocycles. The Labute approximate surface area is 102 Å². The minimum atomic E-state index is -3.68. The van der Waals surface area contributed by atoms with Crippen LogP contribution in [0.25, 0.3) is 0 Å². The van der Waals surface area contributed by atoms with Gasteiger partial charge in [0.15, 0.2) is 0 Å². The summed E-state index contributed by atoms with van der Waals surface area (Å²) in [6.45, 7) is 1.90. The summed E-state index contributed by atoms with van der Waals surface area (Å²) in [4.78, 5) is 0.186. The van der Waals surface area contributed by atoms with Gasteiger partial charge in [-0.05, 0) is 31.9 Å². The van der Waals surface area contributed by atoms with Gasteiger partial charge in [0.1, 0.15) is 0 Å². The third kappa shape index (κ3) is 2.51. The van der Waals surface area contributed by atoms with Crippen LogP contribution in [-0.4, -0.2) is 14.5 Å². The summed E-state index contributed by atoms with van der Waals surface area (Å²) in [6.07, 6.45) is 6.47. The van der Waals surface area contributed by atoms with E-state index < -0.39 is 10.1 Å². The molecule has 1 fully saturated rings. The Hall–Kier alpha value is -1.31. The lowest BCUT2D eigenvalue weighted by Crippen LogP contribution is -2.34. The molecule has 0 heterocycles. The average Bonchev–Trinajstić information content (AvgIpc) is 2.26. The van der Waals surface area contributed by atoms with Crippen molar-refractivity contribution in [2.75, 3.05) is 0 Å². The van der Waals surface area contributed by atoms with Crippen LogP contribution in [0.5, 0.6) is 0 Å². The SMILES string of the molecule is C#CC1CCC1OS(=O)(=O)c1ccc(C)cc1. The summed E-state index contributed by atoms with van der Waals surface area (Å²) in [5.41, 5.74) is 1.01. The normalized spacial score (nSPS) is 23.8. The summed E-state index contributed by atoms with van der Waals surface area (Å²) >= 11 is 0. The van der Waals surface area contributed by atoms with Gasteiger partial charge >= 0.3 is 0 Å². The lowest BCUT2D eigenvalue weighted by atomic mass is 9.83. The molecule has 2 unspecified atom stereocenters. The molecule has 1 aliphatic rings. The first-order valence-electron chi connectivity index (χ1n) is 5.49. The molecule has 0 bridgehead atoms. The number of benzene rings is 1. The first-order valence-corrected chi connectivity index (χ1v) is 6.90. The number of rotatable bonds is 3. The molecule has 0 radical (unpaired) electrons. The molecule has 90 valence electrons. The molecule has 0 N–H and O–H groups in total. The first kappa shape index (κ1) is 12.2. The van der Waals surface area contributed by atoms with Crippen molar-refractivity contribution in [3.63, 3.8) is 0 Å². The topological polar surface area (TPSA) is 43.4 Å². The predicted octanol–water partition coefficient (Wildman–Crippen LogP) is 2.11. The molecule has 0 aliphatic heterocycles. The fourth-order valence-electron chi connectivity index (χ4n) is 1.70.